The number of ether oxygens (including phenoxy) is 1. The van der Waals surface area contributed by atoms with E-state index in [1.165, 1.54) is 6.92 Å². The molecule has 0 aromatic rings. The van der Waals surface area contributed by atoms with Gasteiger partial charge in [0.2, 0.25) is 0 Å². The second-order valence-electron chi connectivity index (χ2n) is 2.33. The molecule has 6 heteroatoms. The van der Waals surface area contributed by atoms with Crippen LogP contribution in [0.15, 0.2) is 10.6 Å². The van der Waals surface area contributed by atoms with Gasteiger partial charge in [-0.25, -0.2) is 4.90 Å². The predicted octanol–water partition coefficient (Wildman–Crippen LogP) is 0.155. The first-order chi connectivity index (χ1) is 6.02. The highest BCUT2D eigenvalue weighted by atomic mass is 79.9. The number of nitrogens with zero attached hydrogens (tertiary/aromatic N) is 1. The average Bonchev–Trinajstić information content (AvgIpc) is 2.24. The molecule has 0 aromatic carbocycles. The van der Waals surface area contributed by atoms with Crippen molar-refractivity contribution >= 4 is 33.7 Å². The largest absolute Gasteiger partial charge is 0.444 e. The Hall–Kier alpha value is -1.17. The van der Waals surface area contributed by atoms with Gasteiger partial charge in [0, 0.05) is 13.0 Å². The third-order valence-electron chi connectivity index (χ3n) is 1.36. The van der Waals surface area contributed by atoms with Gasteiger partial charge in [0.05, 0.1) is 4.48 Å². The second kappa shape index (κ2) is 3.69. The minimum atomic E-state index is -0.538. The van der Waals surface area contributed by atoms with Crippen molar-refractivity contribution in [3.63, 3.8) is 0 Å². The van der Waals surface area contributed by atoms with E-state index in [9.17, 15) is 14.4 Å². The zero-order chi connectivity index (χ0) is 10.0. The van der Waals surface area contributed by atoms with Crippen molar-refractivity contribution in [2.75, 3.05) is 6.73 Å². The van der Waals surface area contributed by atoms with Gasteiger partial charge in [0.1, 0.15) is 0 Å². The zero-order valence-electron chi connectivity index (χ0n) is 6.74. The van der Waals surface area contributed by atoms with Gasteiger partial charge in [0.25, 0.3) is 11.8 Å². The minimum absolute atomic E-state index is 0.171. The van der Waals surface area contributed by atoms with E-state index in [2.05, 4.69) is 20.7 Å². The van der Waals surface area contributed by atoms with E-state index in [0.29, 0.717) is 0 Å². The maximum atomic E-state index is 11.1. The van der Waals surface area contributed by atoms with Gasteiger partial charge in [0.15, 0.2) is 6.73 Å². The Morgan fingerprint density at radius 2 is 2.23 bits per heavy atom. The maximum absolute atomic E-state index is 11.1. The van der Waals surface area contributed by atoms with E-state index in [1.54, 1.807) is 0 Å². The molecule has 1 rings (SSSR count). The van der Waals surface area contributed by atoms with Crippen molar-refractivity contribution in [3.8, 4) is 0 Å². The third-order valence-corrected chi connectivity index (χ3v) is 1.93. The molecule has 0 saturated heterocycles. The molecular formula is C7H6BrNO4. The van der Waals surface area contributed by atoms with Gasteiger partial charge in [-0.05, 0) is 15.9 Å². The SMILES string of the molecule is CC(=O)OCN1C(=O)C=C(Br)C1=O. The molecule has 2 amide bonds. The molecule has 0 radical (unpaired) electrons. The first-order valence-electron chi connectivity index (χ1n) is 3.38. The van der Waals surface area contributed by atoms with Crippen LogP contribution in [0, 0.1) is 0 Å². The summed E-state index contributed by atoms with van der Waals surface area (Å²) in [6.45, 7) is 0.867. The lowest BCUT2D eigenvalue weighted by atomic mass is 10.6. The number of hydrogen-bond donors (Lipinski definition) is 0. The van der Waals surface area contributed by atoms with E-state index >= 15 is 0 Å². The topological polar surface area (TPSA) is 63.7 Å². The van der Waals surface area contributed by atoms with Crippen LogP contribution in [0.2, 0.25) is 0 Å². The van der Waals surface area contributed by atoms with E-state index in [0.717, 1.165) is 11.0 Å². The number of carbonyl (C=O) groups is 3. The molecule has 0 aromatic heterocycles. The molecule has 5 nitrogen and oxygen atoms in total. The number of hydrogen-bond acceptors (Lipinski definition) is 4. The summed E-state index contributed by atoms with van der Waals surface area (Å²) in [6, 6.07) is 0. The van der Waals surface area contributed by atoms with Crippen molar-refractivity contribution in [2.45, 2.75) is 6.92 Å². The van der Waals surface area contributed by atoms with Crippen LogP contribution in [0.1, 0.15) is 6.92 Å². The van der Waals surface area contributed by atoms with Crippen LogP contribution in [0.3, 0.4) is 0 Å². The Morgan fingerprint density at radius 1 is 1.62 bits per heavy atom. The van der Waals surface area contributed by atoms with Crippen LogP contribution in [-0.4, -0.2) is 29.4 Å². The van der Waals surface area contributed by atoms with Crippen LogP contribution >= 0.6 is 15.9 Å². The monoisotopic (exact) mass is 247 g/mol. The molecule has 1 aliphatic rings. The van der Waals surface area contributed by atoms with Crippen LogP contribution in [-0.2, 0) is 19.1 Å². The summed E-state index contributed by atoms with van der Waals surface area (Å²) in [5.74, 6) is -1.52. The number of esters is 1. The molecule has 0 fully saturated rings. The molecule has 1 heterocycles. The van der Waals surface area contributed by atoms with Gasteiger partial charge in [-0.3, -0.25) is 14.4 Å². The molecular weight excluding hydrogens is 242 g/mol. The minimum Gasteiger partial charge on any atom is -0.444 e. The van der Waals surface area contributed by atoms with E-state index in [1.807, 2.05) is 0 Å². The first-order valence-corrected chi connectivity index (χ1v) is 4.18. The fourth-order valence-electron chi connectivity index (χ4n) is 0.755. The Balaban J connectivity index is 2.59. The lowest BCUT2D eigenvalue weighted by Crippen LogP contribution is -2.33. The molecule has 0 saturated carbocycles. The second-order valence-corrected chi connectivity index (χ2v) is 3.18. The molecule has 0 atom stereocenters. The zero-order valence-corrected chi connectivity index (χ0v) is 8.33. The number of halogens is 1. The summed E-state index contributed by atoms with van der Waals surface area (Å²) in [6.07, 6.45) is 1.13. The summed E-state index contributed by atoms with van der Waals surface area (Å²) >= 11 is 2.90. The number of rotatable bonds is 2. The first kappa shape index (κ1) is 9.91. The summed E-state index contributed by atoms with van der Waals surface area (Å²) in [7, 11) is 0. The Labute approximate surface area is 82.5 Å². The third kappa shape index (κ3) is 2.15. The van der Waals surface area contributed by atoms with Gasteiger partial charge < -0.3 is 4.74 Å². The Bertz CT molecular complexity index is 310. The molecule has 1 aliphatic heterocycles. The maximum Gasteiger partial charge on any atom is 0.304 e. The summed E-state index contributed by atoms with van der Waals surface area (Å²) < 4.78 is 4.68. The van der Waals surface area contributed by atoms with Gasteiger partial charge in [-0.1, -0.05) is 0 Å². The van der Waals surface area contributed by atoms with E-state index in [4.69, 9.17) is 0 Å². The number of imide groups is 1. The summed E-state index contributed by atoms with van der Waals surface area (Å²) in [5.41, 5.74) is 0. The Kier molecular flexibility index (Phi) is 2.82. The summed E-state index contributed by atoms with van der Waals surface area (Å²) in [4.78, 5) is 33.4. The van der Waals surface area contributed by atoms with E-state index in [-0.39, 0.29) is 11.2 Å². The lowest BCUT2D eigenvalue weighted by Gasteiger charge is -2.12. The van der Waals surface area contributed by atoms with E-state index < -0.39 is 17.8 Å². The van der Waals surface area contributed by atoms with Gasteiger partial charge in [-0.2, -0.15) is 0 Å². The van der Waals surface area contributed by atoms with Crippen LogP contribution < -0.4 is 0 Å². The van der Waals surface area contributed by atoms with Gasteiger partial charge in [-0.15, -0.1) is 0 Å². The van der Waals surface area contributed by atoms with Crippen LogP contribution in [0.25, 0.3) is 0 Å². The van der Waals surface area contributed by atoms with Crippen LogP contribution in [0.5, 0.6) is 0 Å². The molecule has 0 spiro atoms. The standard InChI is InChI=1S/C7H6BrNO4/c1-4(10)13-3-9-6(11)2-5(8)7(9)12/h2H,3H2,1H3. The highest BCUT2D eigenvalue weighted by Gasteiger charge is 2.29. The van der Waals surface area contributed by atoms with Crippen molar-refractivity contribution < 1.29 is 19.1 Å². The van der Waals surface area contributed by atoms with Crippen molar-refractivity contribution in [1.29, 1.82) is 0 Å². The summed E-state index contributed by atoms with van der Waals surface area (Å²) in [5, 5.41) is 0. The average molecular weight is 248 g/mol. The lowest BCUT2D eigenvalue weighted by molar-refractivity contribution is -0.152. The predicted molar refractivity (Wildman–Crippen MR) is 45.5 cm³/mol. The van der Waals surface area contributed by atoms with Crippen molar-refractivity contribution in [1.82, 2.24) is 4.90 Å². The fourth-order valence-corrected chi connectivity index (χ4v) is 1.16. The van der Waals surface area contributed by atoms with Gasteiger partial charge >= 0.3 is 5.97 Å². The fraction of sp³-hybridized carbons (Fsp3) is 0.286. The molecule has 0 bridgehead atoms. The molecule has 0 N–H and O–H groups in total. The number of amides is 2. The van der Waals surface area contributed by atoms with Crippen molar-refractivity contribution in [2.24, 2.45) is 0 Å². The highest BCUT2D eigenvalue weighted by Crippen LogP contribution is 2.17. The quantitative estimate of drug-likeness (QED) is 0.515. The molecule has 70 valence electrons. The number of carbonyl (C=O) groups excluding carboxylic acids is 3. The Morgan fingerprint density at radius 3 is 2.62 bits per heavy atom. The molecule has 13 heavy (non-hydrogen) atoms. The van der Waals surface area contributed by atoms with Crippen LogP contribution in [0.4, 0.5) is 0 Å². The molecule has 0 unspecified atom stereocenters. The smallest absolute Gasteiger partial charge is 0.304 e. The highest BCUT2D eigenvalue weighted by molar-refractivity contribution is 9.12. The van der Waals surface area contributed by atoms with Crippen molar-refractivity contribution in [3.05, 3.63) is 10.6 Å². The molecule has 0 aliphatic carbocycles. The normalized spacial score (nSPS) is 16.2.